The summed E-state index contributed by atoms with van der Waals surface area (Å²) in [5.41, 5.74) is 1.18. The van der Waals surface area contributed by atoms with Crippen molar-refractivity contribution in [3.63, 3.8) is 0 Å². The van der Waals surface area contributed by atoms with E-state index in [9.17, 15) is 9.59 Å². The lowest BCUT2D eigenvalue weighted by Gasteiger charge is -2.09. The highest BCUT2D eigenvalue weighted by atomic mass is 35.5. The summed E-state index contributed by atoms with van der Waals surface area (Å²) in [6.07, 6.45) is 0. The molecule has 1 N–H and O–H groups in total. The maximum atomic E-state index is 13.2. The number of furan rings is 1. The Hall–Kier alpha value is -2.99. The van der Waals surface area contributed by atoms with E-state index in [0.717, 1.165) is 0 Å². The van der Waals surface area contributed by atoms with Crippen molar-refractivity contribution in [1.29, 1.82) is 0 Å². The summed E-state index contributed by atoms with van der Waals surface area (Å²) in [6, 6.07) is 16.2. The lowest BCUT2D eigenvalue weighted by molar-refractivity contribution is 0.101. The Morgan fingerprint density at radius 1 is 0.935 bits per heavy atom. The van der Waals surface area contributed by atoms with E-state index >= 15 is 0 Å². The third-order valence-electron chi connectivity index (χ3n) is 4.63. The largest absolute Gasteiger partial charge is 0.495 e. The van der Waals surface area contributed by atoms with Gasteiger partial charge in [0.2, 0.25) is 5.78 Å². The van der Waals surface area contributed by atoms with Crippen molar-refractivity contribution in [3.8, 4) is 5.75 Å². The number of hydrogen-bond acceptors (Lipinski definition) is 4. The summed E-state index contributed by atoms with van der Waals surface area (Å²) >= 11 is 18.3. The highest BCUT2D eigenvalue weighted by Gasteiger charge is 2.25. The minimum Gasteiger partial charge on any atom is -0.495 e. The molecule has 0 saturated carbocycles. The number of nitrogens with one attached hydrogen (secondary N) is 1. The third-order valence-corrected chi connectivity index (χ3v) is 5.47. The first kappa shape index (κ1) is 21.2. The van der Waals surface area contributed by atoms with Crippen LogP contribution < -0.4 is 10.1 Å². The molecule has 3 aromatic carbocycles. The number of ether oxygens (including phenoxy) is 1. The molecule has 4 aromatic rings. The predicted octanol–water partition coefficient (Wildman–Crippen LogP) is 6.88. The fraction of sp³-hybridized carbons (Fsp3) is 0.0435. The number of fused-ring (bicyclic) bond motifs is 1. The molecule has 0 fully saturated rings. The van der Waals surface area contributed by atoms with Crippen molar-refractivity contribution in [2.45, 2.75) is 0 Å². The molecule has 0 unspecified atom stereocenters. The monoisotopic (exact) mass is 473 g/mol. The zero-order chi connectivity index (χ0) is 22.1. The van der Waals surface area contributed by atoms with Crippen LogP contribution in [0.25, 0.3) is 11.0 Å². The van der Waals surface area contributed by atoms with Crippen LogP contribution in [0.5, 0.6) is 5.75 Å². The van der Waals surface area contributed by atoms with Crippen LogP contribution in [0.2, 0.25) is 15.1 Å². The van der Waals surface area contributed by atoms with Crippen LogP contribution in [-0.4, -0.2) is 18.8 Å². The van der Waals surface area contributed by atoms with Crippen LogP contribution in [0.3, 0.4) is 0 Å². The van der Waals surface area contributed by atoms with Gasteiger partial charge in [0, 0.05) is 16.0 Å². The number of methoxy groups -OCH3 is 1. The average molecular weight is 475 g/mol. The van der Waals surface area contributed by atoms with E-state index in [1.807, 2.05) is 0 Å². The van der Waals surface area contributed by atoms with Gasteiger partial charge in [-0.15, -0.1) is 0 Å². The molecule has 1 heterocycles. The molecule has 0 spiro atoms. The lowest BCUT2D eigenvalue weighted by atomic mass is 10.1. The van der Waals surface area contributed by atoms with E-state index in [-0.39, 0.29) is 32.6 Å². The maximum Gasteiger partial charge on any atom is 0.257 e. The summed E-state index contributed by atoms with van der Waals surface area (Å²) in [5.74, 6) is -0.539. The molecule has 0 atom stereocenters. The zero-order valence-electron chi connectivity index (χ0n) is 16.0. The van der Waals surface area contributed by atoms with Crippen molar-refractivity contribution in [2.24, 2.45) is 0 Å². The number of carbonyl (C=O) groups excluding carboxylic acids is 2. The van der Waals surface area contributed by atoms with Gasteiger partial charge in [-0.3, -0.25) is 9.59 Å². The second-order valence-electron chi connectivity index (χ2n) is 6.56. The van der Waals surface area contributed by atoms with E-state index in [0.29, 0.717) is 21.7 Å². The van der Waals surface area contributed by atoms with Crippen LogP contribution in [0.4, 0.5) is 5.69 Å². The number of benzene rings is 3. The smallest absolute Gasteiger partial charge is 0.257 e. The van der Waals surface area contributed by atoms with Crippen LogP contribution >= 0.6 is 34.8 Å². The molecule has 1 aromatic heterocycles. The van der Waals surface area contributed by atoms with Crippen molar-refractivity contribution >= 4 is 63.1 Å². The van der Waals surface area contributed by atoms with E-state index in [4.69, 9.17) is 44.0 Å². The van der Waals surface area contributed by atoms with Gasteiger partial charge in [-0.2, -0.15) is 0 Å². The average Bonchev–Trinajstić information content (AvgIpc) is 3.11. The molecule has 0 aliphatic carbocycles. The highest BCUT2D eigenvalue weighted by Crippen LogP contribution is 2.34. The van der Waals surface area contributed by atoms with Gasteiger partial charge in [0.05, 0.1) is 28.4 Å². The Labute approximate surface area is 192 Å². The molecule has 31 heavy (non-hydrogen) atoms. The van der Waals surface area contributed by atoms with E-state index < -0.39 is 11.7 Å². The summed E-state index contributed by atoms with van der Waals surface area (Å²) in [5, 5.41) is 4.21. The molecular weight excluding hydrogens is 461 g/mol. The maximum absolute atomic E-state index is 13.2. The van der Waals surface area contributed by atoms with Crippen molar-refractivity contribution < 1.29 is 18.7 Å². The first-order valence-electron chi connectivity index (χ1n) is 9.05. The third kappa shape index (κ3) is 4.12. The second-order valence-corrected chi connectivity index (χ2v) is 7.81. The molecular formula is C23H14Cl3NO4. The number of para-hydroxylation sites is 1. The van der Waals surface area contributed by atoms with Gasteiger partial charge in [0.1, 0.15) is 11.3 Å². The first-order valence-corrected chi connectivity index (χ1v) is 10.2. The number of rotatable bonds is 5. The Morgan fingerprint density at radius 2 is 1.71 bits per heavy atom. The molecule has 0 bridgehead atoms. The minimum absolute atomic E-state index is 0.0270. The highest BCUT2D eigenvalue weighted by molar-refractivity contribution is 6.37. The molecule has 156 valence electrons. The van der Waals surface area contributed by atoms with Gasteiger partial charge in [0.25, 0.3) is 5.91 Å². The number of halogens is 3. The molecule has 5 nitrogen and oxygen atoms in total. The van der Waals surface area contributed by atoms with Gasteiger partial charge >= 0.3 is 0 Å². The number of anilines is 1. The molecule has 0 saturated heterocycles. The molecule has 4 rings (SSSR count). The molecule has 1 amide bonds. The fourth-order valence-electron chi connectivity index (χ4n) is 3.12. The van der Waals surface area contributed by atoms with Crippen LogP contribution in [-0.2, 0) is 0 Å². The van der Waals surface area contributed by atoms with Crippen LogP contribution in [0.15, 0.2) is 65.1 Å². The van der Waals surface area contributed by atoms with E-state index in [1.165, 1.54) is 25.3 Å². The zero-order valence-corrected chi connectivity index (χ0v) is 18.3. The normalized spacial score (nSPS) is 10.8. The van der Waals surface area contributed by atoms with Crippen LogP contribution in [0.1, 0.15) is 26.5 Å². The Balaban J connectivity index is 1.78. The van der Waals surface area contributed by atoms with Crippen molar-refractivity contribution in [2.75, 3.05) is 12.4 Å². The molecule has 8 heteroatoms. The van der Waals surface area contributed by atoms with Gasteiger partial charge in [-0.25, -0.2) is 0 Å². The van der Waals surface area contributed by atoms with Gasteiger partial charge in [-0.1, -0.05) is 46.9 Å². The topological polar surface area (TPSA) is 68.5 Å². The molecule has 0 aliphatic heterocycles. The van der Waals surface area contributed by atoms with Crippen molar-refractivity contribution in [1.82, 2.24) is 0 Å². The van der Waals surface area contributed by atoms with Gasteiger partial charge in [0.15, 0.2) is 5.76 Å². The number of amides is 1. The Bertz CT molecular complexity index is 1330. The first-order chi connectivity index (χ1) is 14.9. The van der Waals surface area contributed by atoms with Crippen molar-refractivity contribution in [3.05, 3.63) is 92.6 Å². The number of carbonyl (C=O) groups is 2. The summed E-state index contributed by atoms with van der Waals surface area (Å²) in [7, 11) is 1.48. The fourth-order valence-corrected chi connectivity index (χ4v) is 3.87. The van der Waals surface area contributed by atoms with Crippen LogP contribution in [0, 0.1) is 0 Å². The van der Waals surface area contributed by atoms with E-state index in [2.05, 4.69) is 5.32 Å². The second kappa shape index (κ2) is 8.63. The SMILES string of the molecule is COc1ccc(C(=O)c2oc3ccccc3c2NC(=O)c2ccc(Cl)cc2Cl)cc1Cl. The lowest BCUT2D eigenvalue weighted by Crippen LogP contribution is -2.15. The molecule has 0 radical (unpaired) electrons. The predicted molar refractivity (Wildman–Crippen MR) is 122 cm³/mol. The summed E-state index contributed by atoms with van der Waals surface area (Å²) in [6.45, 7) is 0. The van der Waals surface area contributed by atoms with Gasteiger partial charge < -0.3 is 14.5 Å². The Kier molecular flexibility index (Phi) is 5.92. The number of ketones is 1. The number of hydrogen-bond donors (Lipinski definition) is 1. The Morgan fingerprint density at radius 3 is 2.42 bits per heavy atom. The summed E-state index contributed by atoms with van der Waals surface area (Å²) < 4.78 is 10.9. The summed E-state index contributed by atoms with van der Waals surface area (Å²) in [4.78, 5) is 26.1. The van der Waals surface area contributed by atoms with Gasteiger partial charge in [-0.05, 0) is 48.5 Å². The quantitative estimate of drug-likeness (QED) is 0.320. The molecule has 0 aliphatic rings. The van der Waals surface area contributed by atoms with E-state index in [1.54, 1.807) is 42.5 Å². The minimum atomic E-state index is -0.505. The standard InChI is InChI=1S/C23H14Cl3NO4/c1-30-19-9-6-12(10-17(19)26)21(28)22-20(15-4-2-3-5-18(15)31-22)27-23(29)14-8-7-13(24)11-16(14)25/h2-11H,1H3,(H,27,29).